The topological polar surface area (TPSA) is 40.6 Å². The highest BCUT2D eigenvalue weighted by Gasteiger charge is 2.38. The molecule has 0 saturated carbocycles. The van der Waals surface area contributed by atoms with Crippen LogP contribution in [0.25, 0.3) is 0 Å². The first kappa shape index (κ1) is 11.8. The van der Waals surface area contributed by atoms with Gasteiger partial charge in [0.05, 0.1) is 0 Å². The van der Waals surface area contributed by atoms with Crippen molar-refractivity contribution in [2.75, 3.05) is 13.6 Å². The predicted molar refractivity (Wildman–Crippen MR) is 58.2 cm³/mol. The molecular weight excluding hydrogens is 192 g/mol. The Morgan fingerprint density at radius 2 is 1.87 bits per heavy atom. The summed E-state index contributed by atoms with van der Waals surface area (Å²) in [6.45, 7) is 6.26. The molecule has 4 heteroatoms. The van der Waals surface area contributed by atoms with Gasteiger partial charge in [0, 0.05) is 13.6 Å². The fraction of sp³-hybridized carbons (Fsp3) is 0.636. The van der Waals surface area contributed by atoms with Gasteiger partial charge >= 0.3 is 6.03 Å². The van der Waals surface area contributed by atoms with E-state index in [4.69, 9.17) is 0 Å². The quantitative estimate of drug-likeness (QED) is 0.528. The monoisotopic (exact) mass is 210 g/mol. The number of nitrogens with zero attached hydrogens (tertiary/aromatic N) is 2. The van der Waals surface area contributed by atoms with Crippen molar-refractivity contribution >= 4 is 11.9 Å². The number of likely N-dealkylation sites (N-methyl/N-ethyl adjacent to an activating group) is 1. The lowest BCUT2D eigenvalue weighted by molar-refractivity contribution is -0.123. The number of allylic oxidation sites excluding steroid dienone is 1. The zero-order valence-electron chi connectivity index (χ0n) is 9.83. The highest BCUT2D eigenvalue weighted by Crippen LogP contribution is 2.22. The molecule has 15 heavy (non-hydrogen) atoms. The minimum absolute atomic E-state index is 0.157. The second-order valence-electron chi connectivity index (χ2n) is 4.00. The summed E-state index contributed by atoms with van der Waals surface area (Å²) in [4.78, 5) is 26.4. The third-order valence-corrected chi connectivity index (χ3v) is 2.51. The van der Waals surface area contributed by atoms with Crippen LogP contribution in [-0.2, 0) is 4.79 Å². The molecule has 84 valence electrons. The van der Waals surface area contributed by atoms with Gasteiger partial charge in [0.1, 0.15) is 5.70 Å². The molecular formula is C11H18N2O2. The van der Waals surface area contributed by atoms with Gasteiger partial charge in [0.25, 0.3) is 5.91 Å². The summed E-state index contributed by atoms with van der Waals surface area (Å²) >= 11 is 0. The minimum Gasteiger partial charge on any atom is -0.292 e. The average molecular weight is 210 g/mol. The van der Waals surface area contributed by atoms with Crippen LogP contribution in [0.3, 0.4) is 0 Å². The van der Waals surface area contributed by atoms with E-state index in [9.17, 15) is 9.59 Å². The number of unbranched alkanes of at least 4 members (excludes halogenated alkanes) is 1. The minimum atomic E-state index is -0.204. The van der Waals surface area contributed by atoms with Gasteiger partial charge in [-0.3, -0.25) is 14.6 Å². The van der Waals surface area contributed by atoms with Crippen molar-refractivity contribution in [1.29, 1.82) is 0 Å². The molecule has 1 heterocycles. The van der Waals surface area contributed by atoms with Crippen molar-refractivity contribution in [1.82, 2.24) is 9.80 Å². The molecule has 1 aliphatic heterocycles. The third kappa shape index (κ3) is 2.03. The van der Waals surface area contributed by atoms with E-state index >= 15 is 0 Å². The standard InChI is InChI=1S/C11H18N2O2/c1-5-6-7-13-10(14)9(8(2)3)12(4)11(13)15/h5-7H2,1-4H3. The van der Waals surface area contributed by atoms with Crippen LogP contribution in [0.4, 0.5) is 4.79 Å². The van der Waals surface area contributed by atoms with E-state index in [0.29, 0.717) is 12.2 Å². The van der Waals surface area contributed by atoms with E-state index in [2.05, 4.69) is 0 Å². The van der Waals surface area contributed by atoms with Crippen molar-refractivity contribution in [2.45, 2.75) is 33.6 Å². The summed E-state index contributed by atoms with van der Waals surface area (Å²) in [6, 6.07) is -0.204. The Labute approximate surface area is 90.5 Å². The van der Waals surface area contributed by atoms with Gasteiger partial charge in [-0.2, -0.15) is 0 Å². The summed E-state index contributed by atoms with van der Waals surface area (Å²) in [5.74, 6) is -0.157. The molecule has 0 atom stereocenters. The van der Waals surface area contributed by atoms with Crippen molar-refractivity contribution in [3.63, 3.8) is 0 Å². The van der Waals surface area contributed by atoms with Crippen LogP contribution in [0.5, 0.6) is 0 Å². The number of carbonyl (C=O) groups is 2. The van der Waals surface area contributed by atoms with Gasteiger partial charge in [-0.1, -0.05) is 13.3 Å². The molecule has 0 spiro atoms. The molecule has 0 aromatic rings. The van der Waals surface area contributed by atoms with Crippen molar-refractivity contribution in [3.05, 3.63) is 11.3 Å². The molecule has 3 amide bonds. The van der Waals surface area contributed by atoms with Crippen molar-refractivity contribution < 1.29 is 9.59 Å². The molecule has 0 aliphatic carbocycles. The molecule has 0 bridgehead atoms. The number of rotatable bonds is 3. The predicted octanol–water partition coefficient (Wildman–Crippen LogP) is 1.97. The second kappa shape index (κ2) is 4.47. The zero-order chi connectivity index (χ0) is 11.6. The fourth-order valence-corrected chi connectivity index (χ4v) is 1.70. The zero-order valence-corrected chi connectivity index (χ0v) is 9.83. The van der Waals surface area contributed by atoms with E-state index in [1.807, 2.05) is 20.8 Å². The molecule has 1 rings (SSSR count). The first-order valence-electron chi connectivity index (χ1n) is 5.27. The first-order valence-corrected chi connectivity index (χ1v) is 5.27. The average Bonchev–Trinajstić information content (AvgIpc) is 2.37. The lowest BCUT2D eigenvalue weighted by Crippen LogP contribution is -2.32. The second-order valence-corrected chi connectivity index (χ2v) is 4.00. The molecule has 1 aliphatic rings. The largest absolute Gasteiger partial charge is 0.331 e. The van der Waals surface area contributed by atoms with Gasteiger partial charge in [-0.15, -0.1) is 0 Å². The van der Waals surface area contributed by atoms with E-state index in [0.717, 1.165) is 18.4 Å². The number of hydrogen-bond donors (Lipinski definition) is 0. The molecule has 4 nitrogen and oxygen atoms in total. The number of carbonyl (C=O) groups excluding carboxylic acids is 2. The van der Waals surface area contributed by atoms with Crippen LogP contribution >= 0.6 is 0 Å². The van der Waals surface area contributed by atoms with Gasteiger partial charge in [-0.05, 0) is 25.8 Å². The summed E-state index contributed by atoms with van der Waals surface area (Å²) in [7, 11) is 1.65. The SMILES string of the molecule is CCCCN1C(=O)C(=C(C)C)N(C)C1=O. The van der Waals surface area contributed by atoms with Crippen molar-refractivity contribution in [2.24, 2.45) is 0 Å². The highest BCUT2D eigenvalue weighted by atomic mass is 16.2. The maximum atomic E-state index is 11.9. The Morgan fingerprint density at radius 3 is 2.27 bits per heavy atom. The van der Waals surface area contributed by atoms with E-state index in [1.165, 1.54) is 9.80 Å². The van der Waals surface area contributed by atoms with Gasteiger partial charge < -0.3 is 0 Å². The summed E-state index contributed by atoms with van der Waals surface area (Å²) in [5.41, 5.74) is 1.41. The molecule has 1 saturated heterocycles. The summed E-state index contributed by atoms with van der Waals surface area (Å²) < 4.78 is 0. The van der Waals surface area contributed by atoms with Crippen LogP contribution in [0.2, 0.25) is 0 Å². The van der Waals surface area contributed by atoms with Gasteiger partial charge in [0.15, 0.2) is 0 Å². The maximum Gasteiger partial charge on any atom is 0.331 e. The lowest BCUT2D eigenvalue weighted by Gasteiger charge is -2.12. The number of urea groups is 1. The van der Waals surface area contributed by atoms with Gasteiger partial charge in [-0.25, -0.2) is 4.79 Å². The normalized spacial score (nSPS) is 16.7. The Balaban J connectivity index is 2.91. The van der Waals surface area contributed by atoms with E-state index < -0.39 is 0 Å². The lowest BCUT2D eigenvalue weighted by atomic mass is 10.2. The van der Waals surface area contributed by atoms with Crippen LogP contribution in [0.1, 0.15) is 33.6 Å². The van der Waals surface area contributed by atoms with Gasteiger partial charge in [0.2, 0.25) is 0 Å². The first-order chi connectivity index (χ1) is 7.00. The van der Waals surface area contributed by atoms with Crippen LogP contribution < -0.4 is 0 Å². The Hall–Kier alpha value is -1.32. The van der Waals surface area contributed by atoms with Crippen LogP contribution in [-0.4, -0.2) is 35.3 Å². The Bertz CT molecular complexity index is 317. The molecule has 1 fully saturated rings. The molecule has 0 N–H and O–H groups in total. The molecule has 0 radical (unpaired) electrons. The molecule has 0 unspecified atom stereocenters. The van der Waals surface area contributed by atoms with E-state index in [-0.39, 0.29) is 11.9 Å². The maximum absolute atomic E-state index is 11.9. The Kier molecular flexibility index (Phi) is 3.50. The summed E-state index contributed by atoms with van der Waals surface area (Å²) in [5, 5.41) is 0. The van der Waals surface area contributed by atoms with E-state index in [1.54, 1.807) is 7.05 Å². The summed E-state index contributed by atoms with van der Waals surface area (Å²) in [6.07, 6.45) is 1.84. The molecule has 0 aromatic heterocycles. The molecule has 0 aromatic carbocycles. The van der Waals surface area contributed by atoms with Crippen molar-refractivity contribution in [3.8, 4) is 0 Å². The smallest absolute Gasteiger partial charge is 0.292 e. The van der Waals surface area contributed by atoms with Crippen LogP contribution in [0, 0.1) is 0 Å². The highest BCUT2D eigenvalue weighted by molar-refractivity contribution is 6.11. The number of amides is 3. The van der Waals surface area contributed by atoms with Crippen LogP contribution in [0.15, 0.2) is 11.3 Å². The fourth-order valence-electron chi connectivity index (χ4n) is 1.70. The number of hydrogen-bond acceptors (Lipinski definition) is 2. The Morgan fingerprint density at radius 1 is 1.27 bits per heavy atom. The number of imide groups is 1. The third-order valence-electron chi connectivity index (χ3n) is 2.51.